The Labute approximate surface area is 173 Å². The van der Waals surface area contributed by atoms with Crippen molar-refractivity contribution in [3.8, 4) is 16.9 Å². The molecule has 0 spiro atoms. The number of nitrogens with zero attached hydrogens (tertiary/aromatic N) is 2. The Balaban J connectivity index is 1.59. The van der Waals surface area contributed by atoms with E-state index < -0.39 is 18.0 Å². The molecule has 1 amide bonds. The minimum absolute atomic E-state index is 0.155. The van der Waals surface area contributed by atoms with Crippen molar-refractivity contribution >= 4 is 22.8 Å². The number of benzene rings is 2. The molecular weight excluding hydrogens is 413 g/mol. The van der Waals surface area contributed by atoms with E-state index in [0.717, 1.165) is 12.1 Å². The highest BCUT2D eigenvalue weighted by molar-refractivity contribution is 6.05. The van der Waals surface area contributed by atoms with E-state index in [0.29, 0.717) is 27.9 Å². The van der Waals surface area contributed by atoms with Gasteiger partial charge in [0.05, 0.1) is 5.52 Å². The molecule has 0 saturated heterocycles. The van der Waals surface area contributed by atoms with Gasteiger partial charge in [-0.2, -0.15) is 0 Å². The Kier molecular flexibility index (Phi) is 4.97. The van der Waals surface area contributed by atoms with Crippen molar-refractivity contribution in [3.05, 3.63) is 76.8 Å². The number of carbonyl (C=O) groups is 1. The number of nitrogens with one attached hydrogen (secondary N) is 2. The second kappa shape index (κ2) is 7.63. The highest BCUT2D eigenvalue weighted by Crippen LogP contribution is 2.26. The van der Waals surface area contributed by atoms with Crippen LogP contribution in [0.2, 0.25) is 0 Å². The number of carbonyl (C=O) groups excluding carboxylic acids is 1. The number of ether oxygens (including phenoxy) is 1. The predicted octanol–water partition coefficient (Wildman–Crippen LogP) is 4.08. The number of imidazole rings is 1. The summed E-state index contributed by atoms with van der Waals surface area (Å²) in [5.74, 6) is -0.940. The van der Waals surface area contributed by atoms with Crippen LogP contribution >= 0.6 is 0 Å². The third-order valence-electron chi connectivity index (χ3n) is 4.54. The van der Waals surface area contributed by atoms with Crippen molar-refractivity contribution in [2.75, 3.05) is 5.32 Å². The van der Waals surface area contributed by atoms with Crippen LogP contribution in [0, 0.1) is 0 Å². The highest BCUT2D eigenvalue weighted by Gasteiger charge is 2.31. The molecule has 31 heavy (non-hydrogen) atoms. The summed E-state index contributed by atoms with van der Waals surface area (Å²) in [5.41, 5.74) is 2.60. The number of amides is 1. The number of aromatic nitrogens is 3. The van der Waals surface area contributed by atoms with Crippen LogP contribution in [0.4, 0.5) is 18.9 Å². The smallest absolute Gasteiger partial charge is 0.406 e. The van der Waals surface area contributed by atoms with Crippen molar-refractivity contribution in [2.45, 2.75) is 6.36 Å². The lowest BCUT2D eigenvalue weighted by Gasteiger charge is -2.11. The number of rotatable bonds is 4. The molecule has 7 nitrogen and oxygen atoms in total. The Morgan fingerprint density at radius 1 is 1.10 bits per heavy atom. The standard InChI is InChI=1S/C21H15F3N4O3/c1-28-17-9-14(11-25-18(17)27-20(28)30)12-4-2-5-13(8-12)19(29)26-15-6-3-7-16(10-15)31-21(22,23)24/h2-11H,1H3,(H,26,29)(H,25,27,30). The zero-order chi connectivity index (χ0) is 22.2. The third kappa shape index (κ3) is 4.42. The third-order valence-corrected chi connectivity index (χ3v) is 4.54. The molecule has 158 valence electrons. The second-order valence-electron chi connectivity index (χ2n) is 6.69. The van der Waals surface area contributed by atoms with Gasteiger partial charge < -0.3 is 10.1 Å². The Morgan fingerprint density at radius 3 is 2.65 bits per heavy atom. The topological polar surface area (TPSA) is 89.0 Å². The molecule has 2 aromatic carbocycles. The lowest BCUT2D eigenvalue weighted by atomic mass is 10.0. The van der Waals surface area contributed by atoms with Gasteiger partial charge in [0.15, 0.2) is 5.65 Å². The van der Waals surface area contributed by atoms with E-state index in [-0.39, 0.29) is 11.4 Å². The first-order chi connectivity index (χ1) is 14.7. The molecule has 0 fully saturated rings. The molecule has 0 aliphatic carbocycles. The van der Waals surface area contributed by atoms with Gasteiger partial charge in [0, 0.05) is 36.1 Å². The van der Waals surface area contributed by atoms with Crippen molar-refractivity contribution in [1.82, 2.24) is 14.5 Å². The number of pyridine rings is 1. The maximum absolute atomic E-state index is 12.6. The minimum Gasteiger partial charge on any atom is -0.406 e. The monoisotopic (exact) mass is 428 g/mol. The van der Waals surface area contributed by atoms with E-state index in [4.69, 9.17) is 0 Å². The van der Waals surface area contributed by atoms with Crippen LogP contribution in [0.25, 0.3) is 22.3 Å². The minimum atomic E-state index is -4.82. The number of hydrogen-bond acceptors (Lipinski definition) is 4. The fraction of sp³-hybridized carbons (Fsp3) is 0.0952. The lowest BCUT2D eigenvalue weighted by Crippen LogP contribution is -2.17. The van der Waals surface area contributed by atoms with Crippen LogP contribution in [0.3, 0.4) is 0 Å². The molecule has 2 aromatic heterocycles. The van der Waals surface area contributed by atoms with Crippen LogP contribution in [-0.4, -0.2) is 26.8 Å². The maximum Gasteiger partial charge on any atom is 0.573 e. The molecule has 4 rings (SSSR count). The summed E-state index contributed by atoms with van der Waals surface area (Å²) in [6, 6.07) is 13.4. The average molecular weight is 428 g/mol. The predicted molar refractivity (Wildman–Crippen MR) is 108 cm³/mol. The summed E-state index contributed by atoms with van der Waals surface area (Å²) in [4.78, 5) is 31.2. The van der Waals surface area contributed by atoms with Gasteiger partial charge in [-0.25, -0.2) is 9.78 Å². The normalized spacial score (nSPS) is 11.5. The summed E-state index contributed by atoms with van der Waals surface area (Å²) in [5, 5.41) is 2.55. The summed E-state index contributed by atoms with van der Waals surface area (Å²) >= 11 is 0. The van der Waals surface area contributed by atoms with Gasteiger partial charge in [-0.1, -0.05) is 18.2 Å². The van der Waals surface area contributed by atoms with Gasteiger partial charge in [-0.15, -0.1) is 13.2 Å². The largest absolute Gasteiger partial charge is 0.573 e. The zero-order valence-corrected chi connectivity index (χ0v) is 16.0. The van der Waals surface area contributed by atoms with Gasteiger partial charge in [0.1, 0.15) is 5.75 Å². The Bertz CT molecular complexity index is 1340. The summed E-state index contributed by atoms with van der Waals surface area (Å²) in [7, 11) is 1.62. The summed E-state index contributed by atoms with van der Waals surface area (Å²) in [6.45, 7) is 0. The van der Waals surface area contributed by atoms with E-state index in [1.54, 1.807) is 43.6 Å². The Hall–Kier alpha value is -4.08. The van der Waals surface area contributed by atoms with Gasteiger partial charge in [0.2, 0.25) is 0 Å². The van der Waals surface area contributed by atoms with Crippen LogP contribution in [0.1, 0.15) is 10.4 Å². The first kappa shape index (κ1) is 20.2. The van der Waals surface area contributed by atoms with Gasteiger partial charge >= 0.3 is 12.1 Å². The van der Waals surface area contributed by atoms with E-state index in [2.05, 4.69) is 20.0 Å². The van der Waals surface area contributed by atoms with Crippen LogP contribution in [-0.2, 0) is 7.05 Å². The lowest BCUT2D eigenvalue weighted by molar-refractivity contribution is -0.274. The number of aryl methyl sites for hydroxylation is 1. The van der Waals surface area contributed by atoms with E-state index in [9.17, 15) is 22.8 Å². The fourth-order valence-electron chi connectivity index (χ4n) is 3.07. The molecule has 2 N–H and O–H groups in total. The SMILES string of the molecule is Cn1c(=O)[nH]c2ncc(-c3cccc(C(=O)Nc4cccc(OC(F)(F)F)c4)c3)cc21. The Morgan fingerprint density at radius 2 is 1.87 bits per heavy atom. The molecule has 4 aromatic rings. The van der Waals surface area contributed by atoms with E-state index >= 15 is 0 Å². The molecular formula is C21H15F3N4O3. The number of aromatic amines is 1. The number of anilines is 1. The quantitative estimate of drug-likeness (QED) is 0.513. The molecule has 0 radical (unpaired) electrons. The van der Waals surface area contributed by atoms with Gasteiger partial charge in [0.25, 0.3) is 5.91 Å². The molecule has 0 bridgehead atoms. The van der Waals surface area contributed by atoms with Crippen LogP contribution in [0.5, 0.6) is 5.75 Å². The van der Waals surface area contributed by atoms with E-state index in [1.165, 1.54) is 16.7 Å². The number of hydrogen-bond donors (Lipinski definition) is 2. The molecule has 0 aliphatic heterocycles. The molecule has 2 heterocycles. The zero-order valence-electron chi connectivity index (χ0n) is 16.0. The van der Waals surface area contributed by atoms with Gasteiger partial charge in [-0.3, -0.25) is 14.3 Å². The number of alkyl halides is 3. The first-order valence-electron chi connectivity index (χ1n) is 9.02. The van der Waals surface area contributed by atoms with Crippen molar-refractivity contribution in [3.63, 3.8) is 0 Å². The molecule has 0 atom stereocenters. The number of H-pyrrole nitrogens is 1. The fourth-order valence-corrected chi connectivity index (χ4v) is 3.07. The van der Waals surface area contributed by atoms with Crippen molar-refractivity contribution in [1.29, 1.82) is 0 Å². The number of halogens is 3. The first-order valence-corrected chi connectivity index (χ1v) is 9.02. The molecule has 0 aliphatic rings. The molecule has 0 unspecified atom stereocenters. The van der Waals surface area contributed by atoms with Gasteiger partial charge in [-0.05, 0) is 35.9 Å². The summed E-state index contributed by atoms with van der Waals surface area (Å²) in [6.07, 6.45) is -3.25. The van der Waals surface area contributed by atoms with E-state index in [1.807, 2.05) is 0 Å². The molecule has 10 heteroatoms. The second-order valence-corrected chi connectivity index (χ2v) is 6.69. The van der Waals surface area contributed by atoms with Crippen LogP contribution < -0.4 is 15.7 Å². The van der Waals surface area contributed by atoms with Crippen molar-refractivity contribution < 1.29 is 22.7 Å². The van der Waals surface area contributed by atoms with Crippen molar-refractivity contribution in [2.24, 2.45) is 7.05 Å². The summed E-state index contributed by atoms with van der Waals surface area (Å²) < 4.78 is 42.5. The maximum atomic E-state index is 12.6. The van der Waals surface area contributed by atoms with Crippen LogP contribution in [0.15, 0.2) is 65.6 Å². The molecule has 0 saturated carbocycles. The highest BCUT2D eigenvalue weighted by atomic mass is 19.4. The number of fused-ring (bicyclic) bond motifs is 1. The average Bonchev–Trinajstić information content (AvgIpc) is 3.00.